The summed E-state index contributed by atoms with van der Waals surface area (Å²) in [6.45, 7) is 8.08. The van der Waals surface area contributed by atoms with Crippen LogP contribution in [0, 0.1) is 11.8 Å². The van der Waals surface area contributed by atoms with Crippen molar-refractivity contribution in [3.05, 3.63) is 23.8 Å². The summed E-state index contributed by atoms with van der Waals surface area (Å²) in [6, 6.07) is 5.11. The Morgan fingerprint density at radius 1 is 1.03 bits per heavy atom. The molecule has 2 saturated heterocycles. The molecule has 0 spiro atoms. The van der Waals surface area contributed by atoms with Crippen molar-refractivity contribution in [1.29, 1.82) is 0 Å². The molecule has 0 aliphatic carbocycles. The molecule has 3 aliphatic rings. The standard InChI is InChI=1S/C23H33N3O4S/c1-16-5-4-10-24(15-16)23(28)19-8-11-25(12-9-19)31(29,30)21-6-7-22-20(14-21)13-17(2)26(22)18(3)27/h6-7,14,16-17,19H,4-5,8-13,15H2,1-3H3/t16-,17-/m1/s1. The molecule has 0 N–H and O–H groups in total. The van der Waals surface area contributed by atoms with Gasteiger partial charge >= 0.3 is 0 Å². The van der Waals surface area contributed by atoms with Gasteiger partial charge in [-0.1, -0.05) is 6.92 Å². The van der Waals surface area contributed by atoms with Crippen molar-refractivity contribution in [1.82, 2.24) is 9.21 Å². The quantitative estimate of drug-likeness (QED) is 0.714. The first-order valence-corrected chi connectivity index (χ1v) is 12.8. The molecule has 1 aromatic rings. The van der Waals surface area contributed by atoms with Gasteiger partial charge in [-0.2, -0.15) is 4.31 Å². The van der Waals surface area contributed by atoms with E-state index in [0.29, 0.717) is 38.3 Å². The summed E-state index contributed by atoms with van der Waals surface area (Å²) in [7, 11) is -3.62. The third-order valence-electron chi connectivity index (χ3n) is 7.02. The molecule has 3 heterocycles. The molecule has 2 amide bonds. The highest BCUT2D eigenvalue weighted by Crippen LogP contribution is 2.35. The van der Waals surface area contributed by atoms with Gasteiger partial charge in [-0.3, -0.25) is 9.59 Å². The molecule has 2 fully saturated rings. The summed E-state index contributed by atoms with van der Waals surface area (Å²) in [6.07, 6.45) is 4.03. The molecule has 170 valence electrons. The third kappa shape index (κ3) is 4.24. The minimum atomic E-state index is -3.62. The SMILES string of the molecule is CC(=O)N1c2ccc(S(=O)(=O)N3CCC(C(=O)N4CCC[C@@H](C)C4)CC3)cc2C[C@H]1C. The van der Waals surface area contributed by atoms with E-state index < -0.39 is 10.0 Å². The van der Waals surface area contributed by atoms with Crippen LogP contribution >= 0.6 is 0 Å². The normalized spacial score (nSPS) is 25.5. The number of piperidine rings is 2. The lowest BCUT2D eigenvalue weighted by molar-refractivity contribution is -0.138. The minimum Gasteiger partial charge on any atom is -0.342 e. The van der Waals surface area contributed by atoms with Gasteiger partial charge in [0.25, 0.3) is 0 Å². The average molecular weight is 448 g/mol. The fraction of sp³-hybridized carbons (Fsp3) is 0.652. The summed E-state index contributed by atoms with van der Waals surface area (Å²) in [5.41, 5.74) is 1.70. The number of hydrogen-bond acceptors (Lipinski definition) is 4. The number of anilines is 1. The molecule has 0 saturated carbocycles. The first kappa shape index (κ1) is 22.3. The number of amides is 2. The summed E-state index contributed by atoms with van der Waals surface area (Å²) in [4.78, 5) is 28.8. The number of likely N-dealkylation sites (tertiary alicyclic amines) is 1. The van der Waals surface area contributed by atoms with Crippen LogP contribution < -0.4 is 4.90 Å². The van der Waals surface area contributed by atoms with Crippen molar-refractivity contribution in [3.8, 4) is 0 Å². The van der Waals surface area contributed by atoms with Crippen LogP contribution in [-0.2, 0) is 26.0 Å². The van der Waals surface area contributed by atoms with Crippen LogP contribution in [0.4, 0.5) is 5.69 Å². The van der Waals surface area contributed by atoms with E-state index in [1.807, 2.05) is 11.8 Å². The Bertz CT molecular complexity index is 969. The van der Waals surface area contributed by atoms with E-state index in [0.717, 1.165) is 30.8 Å². The Balaban J connectivity index is 1.43. The molecule has 0 radical (unpaired) electrons. The molecular weight excluding hydrogens is 414 g/mol. The third-order valence-corrected chi connectivity index (χ3v) is 8.91. The maximum absolute atomic E-state index is 13.3. The van der Waals surface area contributed by atoms with Crippen molar-refractivity contribution in [3.63, 3.8) is 0 Å². The van der Waals surface area contributed by atoms with Crippen LogP contribution in [0.2, 0.25) is 0 Å². The van der Waals surface area contributed by atoms with E-state index in [9.17, 15) is 18.0 Å². The Morgan fingerprint density at radius 2 is 1.74 bits per heavy atom. The molecule has 0 bridgehead atoms. The number of benzene rings is 1. The second-order valence-electron chi connectivity index (χ2n) is 9.44. The largest absolute Gasteiger partial charge is 0.342 e. The molecule has 3 aliphatic heterocycles. The monoisotopic (exact) mass is 447 g/mol. The molecule has 7 nitrogen and oxygen atoms in total. The number of nitrogens with zero attached hydrogens (tertiary/aromatic N) is 3. The van der Waals surface area contributed by atoms with Gasteiger partial charge < -0.3 is 9.80 Å². The zero-order valence-corrected chi connectivity index (χ0v) is 19.5. The zero-order chi connectivity index (χ0) is 22.3. The lowest BCUT2D eigenvalue weighted by atomic mass is 9.93. The van der Waals surface area contributed by atoms with Crippen molar-refractivity contribution in [2.75, 3.05) is 31.1 Å². The lowest BCUT2D eigenvalue weighted by Gasteiger charge is -2.36. The highest BCUT2D eigenvalue weighted by atomic mass is 32.2. The summed E-state index contributed by atoms with van der Waals surface area (Å²) < 4.78 is 28.0. The molecule has 0 aromatic heterocycles. The fourth-order valence-electron chi connectivity index (χ4n) is 5.39. The summed E-state index contributed by atoms with van der Waals surface area (Å²) >= 11 is 0. The predicted octanol–water partition coefficient (Wildman–Crippen LogP) is 2.64. The van der Waals surface area contributed by atoms with Gasteiger partial charge in [0.2, 0.25) is 21.8 Å². The van der Waals surface area contributed by atoms with Gasteiger partial charge in [0.1, 0.15) is 0 Å². The first-order valence-electron chi connectivity index (χ1n) is 11.4. The van der Waals surface area contributed by atoms with E-state index in [4.69, 9.17) is 0 Å². The lowest BCUT2D eigenvalue weighted by Crippen LogP contribution is -2.46. The number of carbonyl (C=O) groups excluding carboxylic acids is 2. The maximum Gasteiger partial charge on any atom is 0.243 e. The van der Waals surface area contributed by atoms with E-state index in [-0.39, 0.29) is 28.7 Å². The van der Waals surface area contributed by atoms with E-state index in [1.54, 1.807) is 23.1 Å². The van der Waals surface area contributed by atoms with Gasteiger partial charge in [0.05, 0.1) is 4.90 Å². The van der Waals surface area contributed by atoms with E-state index in [1.165, 1.54) is 17.6 Å². The van der Waals surface area contributed by atoms with Crippen molar-refractivity contribution < 1.29 is 18.0 Å². The highest BCUT2D eigenvalue weighted by Gasteiger charge is 2.36. The van der Waals surface area contributed by atoms with Gasteiger partial charge in [0, 0.05) is 50.7 Å². The summed E-state index contributed by atoms with van der Waals surface area (Å²) in [5, 5.41) is 0. The average Bonchev–Trinajstić information content (AvgIpc) is 3.08. The van der Waals surface area contributed by atoms with E-state index in [2.05, 4.69) is 6.92 Å². The Morgan fingerprint density at radius 3 is 2.39 bits per heavy atom. The van der Waals surface area contributed by atoms with Crippen LogP contribution in [0.5, 0.6) is 0 Å². The van der Waals surface area contributed by atoms with Gasteiger partial charge in [-0.25, -0.2) is 8.42 Å². The topological polar surface area (TPSA) is 78.0 Å². The molecular formula is C23H33N3O4S. The van der Waals surface area contributed by atoms with Crippen LogP contribution in [-0.4, -0.2) is 61.7 Å². The van der Waals surface area contributed by atoms with E-state index >= 15 is 0 Å². The van der Waals surface area contributed by atoms with Crippen molar-refractivity contribution in [2.45, 2.75) is 63.8 Å². The maximum atomic E-state index is 13.3. The highest BCUT2D eigenvalue weighted by molar-refractivity contribution is 7.89. The van der Waals surface area contributed by atoms with Crippen LogP contribution in [0.15, 0.2) is 23.1 Å². The molecule has 31 heavy (non-hydrogen) atoms. The Hall–Kier alpha value is -1.93. The van der Waals surface area contributed by atoms with Crippen LogP contribution in [0.25, 0.3) is 0 Å². The zero-order valence-electron chi connectivity index (χ0n) is 18.7. The first-order chi connectivity index (χ1) is 14.7. The van der Waals surface area contributed by atoms with Gasteiger partial charge in [0.15, 0.2) is 0 Å². The number of rotatable bonds is 3. The molecule has 4 rings (SSSR count). The van der Waals surface area contributed by atoms with Gasteiger partial charge in [-0.05, 0) is 68.7 Å². The predicted molar refractivity (Wildman–Crippen MR) is 119 cm³/mol. The Kier molecular flexibility index (Phi) is 6.14. The second-order valence-corrected chi connectivity index (χ2v) is 11.4. The molecule has 1 aromatic carbocycles. The van der Waals surface area contributed by atoms with Crippen molar-refractivity contribution >= 4 is 27.5 Å². The fourth-order valence-corrected chi connectivity index (χ4v) is 6.91. The number of hydrogen-bond donors (Lipinski definition) is 0. The van der Waals surface area contributed by atoms with Crippen LogP contribution in [0.3, 0.4) is 0 Å². The van der Waals surface area contributed by atoms with Gasteiger partial charge in [-0.15, -0.1) is 0 Å². The van der Waals surface area contributed by atoms with Crippen molar-refractivity contribution in [2.24, 2.45) is 11.8 Å². The smallest absolute Gasteiger partial charge is 0.243 e. The second kappa shape index (κ2) is 8.54. The number of fused-ring (bicyclic) bond motifs is 1. The number of carbonyl (C=O) groups is 2. The summed E-state index contributed by atoms with van der Waals surface area (Å²) in [5.74, 6) is 0.623. The molecule has 8 heteroatoms. The minimum absolute atomic E-state index is 0.0308. The number of sulfonamides is 1. The molecule has 2 atom stereocenters. The molecule has 0 unspecified atom stereocenters. The van der Waals surface area contributed by atoms with Crippen LogP contribution in [0.1, 0.15) is 52.0 Å². The Labute approximate surface area is 185 Å².